The summed E-state index contributed by atoms with van der Waals surface area (Å²) in [5.41, 5.74) is 2.08. The molecular weight excluding hydrogens is 351 g/mol. The van der Waals surface area contributed by atoms with Crippen LogP contribution in [-0.4, -0.2) is 30.6 Å². The molecule has 0 aliphatic carbocycles. The van der Waals surface area contributed by atoms with E-state index in [2.05, 4.69) is 25.7 Å². The van der Waals surface area contributed by atoms with Gasteiger partial charge in [0.2, 0.25) is 5.91 Å². The number of nitrogens with zero attached hydrogens (tertiary/aromatic N) is 5. The Bertz CT molecular complexity index is 1100. The van der Waals surface area contributed by atoms with Crippen molar-refractivity contribution in [3.8, 4) is 11.5 Å². The fraction of sp³-hybridized carbons (Fsp3) is 0.167. The molecule has 0 saturated heterocycles. The zero-order valence-corrected chi connectivity index (χ0v) is 14.4. The Morgan fingerprint density at radius 1 is 1.22 bits per heavy atom. The molecule has 0 unspecified atom stereocenters. The van der Waals surface area contributed by atoms with E-state index in [-0.39, 0.29) is 24.7 Å². The van der Waals surface area contributed by atoms with Crippen LogP contribution in [0, 0.1) is 12.7 Å². The number of hydrogen-bond acceptors (Lipinski definition) is 6. The molecule has 136 valence electrons. The van der Waals surface area contributed by atoms with Crippen molar-refractivity contribution >= 4 is 11.6 Å². The van der Waals surface area contributed by atoms with Gasteiger partial charge in [0.1, 0.15) is 5.82 Å². The van der Waals surface area contributed by atoms with Gasteiger partial charge in [-0.25, -0.2) is 4.39 Å². The Balaban J connectivity index is 1.44. The van der Waals surface area contributed by atoms with Crippen LogP contribution in [-0.2, 0) is 17.8 Å². The zero-order valence-electron chi connectivity index (χ0n) is 14.4. The summed E-state index contributed by atoms with van der Waals surface area (Å²) in [4.78, 5) is 16.3. The van der Waals surface area contributed by atoms with Crippen LogP contribution in [0.25, 0.3) is 17.1 Å². The average molecular weight is 366 g/mol. The summed E-state index contributed by atoms with van der Waals surface area (Å²) >= 11 is 0. The number of pyridine rings is 1. The summed E-state index contributed by atoms with van der Waals surface area (Å²) in [5.74, 6) is 1.04. The number of aromatic nitrogens is 5. The van der Waals surface area contributed by atoms with Crippen LogP contribution in [0.2, 0.25) is 0 Å². The molecule has 9 heteroatoms. The van der Waals surface area contributed by atoms with E-state index in [1.54, 1.807) is 35.7 Å². The second kappa shape index (κ2) is 6.94. The molecular formula is C18H15FN6O2. The normalized spacial score (nSPS) is 11.0. The maximum absolute atomic E-state index is 12.9. The summed E-state index contributed by atoms with van der Waals surface area (Å²) in [5, 5.41) is 14.8. The highest BCUT2D eigenvalue weighted by Crippen LogP contribution is 2.18. The quantitative estimate of drug-likeness (QED) is 0.581. The third kappa shape index (κ3) is 3.66. The number of nitrogens with one attached hydrogen (secondary N) is 1. The van der Waals surface area contributed by atoms with Gasteiger partial charge >= 0.3 is 0 Å². The third-order valence-corrected chi connectivity index (χ3v) is 3.98. The van der Waals surface area contributed by atoms with E-state index in [4.69, 9.17) is 4.52 Å². The topological polar surface area (TPSA) is 98.2 Å². The van der Waals surface area contributed by atoms with Crippen molar-refractivity contribution in [3.63, 3.8) is 0 Å². The van der Waals surface area contributed by atoms with E-state index in [1.807, 2.05) is 6.07 Å². The van der Waals surface area contributed by atoms with Gasteiger partial charge in [0.25, 0.3) is 5.89 Å². The number of carbonyl (C=O) groups is 1. The minimum atomic E-state index is -0.329. The van der Waals surface area contributed by atoms with Crippen molar-refractivity contribution in [2.75, 3.05) is 0 Å². The summed E-state index contributed by atoms with van der Waals surface area (Å²) in [6.07, 6.45) is 1.95. The summed E-state index contributed by atoms with van der Waals surface area (Å²) in [6.45, 7) is 1.97. The molecule has 0 atom stereocenters. The van der Waals surface area contributed by atoms with Gasteiger partial charge < -0.3 is 9.84 Å². The van der Waals surface area contributed by atoms with Crippen LogP contribution in [0.5, 0.6) is 0 Å². The van der Waals surface area contributed by atoms with Crippen molar-refractivity contribution in [3.05, 3.63) is 65.6 Å². The van der Waals surface area contributed by atoms with E-state index in [9.17, 15) is 9.18 Å². The van der Waals surface area contributed by atoms with Gasteiger partial charge in [-0.15, -0.1) is 10.2 Å². The first-order valence-corrected chi connectivity index (χ1v) is 8.24. The second-order valence-corrected chi connectivity index (χ2v) is 5.99. The predicted octanol–water partition coefficient (Wildman–Crippen LogP) is 2.09. The molecule has 1 N–H and O–H groups in total. The molecule has 3 aromatic heterocycles. The van der Waals surface area contributed by atoms with Gasteiger partial charge in [-0.05, 0) is 36.8 Å². The molecule has 4 aromatic rings. The van der Waals surface area contributed by atoms with Crippen LogP contribution in [0.15, 0.2) is 47.1 Å². The molecule has 0 fully saturated rings. The monoisotopic (exact) mass is 366 g/mol. The zero-order chi connectivity index (χ0) is 18.8. The fourth-order valence-electron chi connectivity index (χ4n) is 2.64. The molecule has 27 heavy (non-hydrogen) atoms. The van der Waals surface area contributed by atoms with E-state index in [0.717, 1.165) is 11.1 Å². The molecule has 8 nitrogen and oxygen atoms in total. The van der Waals surface area contributed by atoms with Crippen molar-refractivity contribution in [2.45, 2.75) is 19.9 Å². The van der Waals surface area contributed by atoms with Crippen LogP contribution in [0.4, 0.5) is 4.39 Å². The molecule has 1 aromatic carbocycles. The first kappa shape index (κ1) is 16.8. The Morgan fingerprint density at radius 3 is 2.78 bits per heavy atom. The smallest absolute Gasteiger partial charge is 0.258 e. The summed E-state index contributed by atoms with van der Waals surface area (Å²) in [6, 6.07) is 9.43. The Labute approximate surface area is 153 Å². The number of hydrogen-bond donors (Lipinski definition) is 1. The molecule has 0 bridgehead atoms. The lowest BCUT2D eigenvalue weighted by Gasteiger charge is -2.05. The SMILES string of the molecule is Cc1noc(-c2ccn3c(CNC(=O)Cc4ccc(F)cc4)nnc3c2)n1. The molecule has 0 aliphatic rings. The van der Waals surface area contributed by atoms with E-state index in [0.29, 0.717) is 23.2 Å². The highest BCUT2D eigenvalue weighted by Gasteiger charge is 2.12. The Morgan fingerprint density at radius 2 is 2.04 bits per heavy atom. The van der Waals surface area contributed by atoms with Crippen molar-refractivity contribution < 1.29 is 13.7 Å². The predicted molar refractivity (Wildman–Crippen MR) is 93.0 cm³/mol. The van der Waals surface area contributed by atoms with Crippen LogP contribution in [0.3, 0.4) is 0 Å². The van der Waals surface area contributed by atoms with Crippen molar-refractivity contribution in [1.29, 1.82) is 0 Å². The minimum Gasteiger partial charge on any atom is -0.348 e. The third-order valence-electron chi connectivity index (χ3n) is 3.98. The molecule has 0 spiro atoms. The summed E-state index contributed by atoms with van der Waals surface area (Å²) < 4.78 is 19.8. The second-order valence-electron chi connectivity index (χ2n) is 5.99. The van der Waals surface area contributed by atoms with Gasteiger partial charge in [0.15, 0.2) is 17.3 Å². The van der Waals surface area contributed by atoms with E-state index < -0.39 is 0 Å². The highest BCUT2D eigenvalue weighted by molar-refractivity contribution is 5.78. The fourth-order valence-corrected chi connectivity index (χ4v) is 2.64. The van der Waals surface area contributed by atoms with Gasteiger partial charge in [-0.3, -0.25) is 9.20 Å². The number of halogens is 1. The number of amides is 1. The molecule has 0 aliphatic heterocycles. The number of rotatable bonds is 5. The largest absolute Gasteiger partial charge is 0.348 e. The molecule has 4 rings (SSSR count). The molecule has 1 amide bonds. The number of fused-ring (bicyclic) bond motifs is 1. The standard InChI is InChI=1S/C18H15FN6O2/c1-11-21-18(27-24-11)13-6-7-25-15(9-13)22-23-16(25)10-20-17(26)8-12-2-4-14(19)5-3-12/h2-7,9H,8,10H2,1H3,(H,20,26). The van der Waals surface area contributed by atoms with Gasteiger partial charge in [-0.2, -0.15) is 4.98 Å². The lowest BCUT2D eigenvalue weighted by atomic mass is 10.1. The van der Waals surface area contributed by atoms with E-state index >= 15 is 0 Å². The van der Waals surface area contributed by atoms with Crippen LogP contribution >= 0.6 is 0 Å². The summed E-state index contributed by atoms with van der Waals surface area (Å²) in [7, 11) is 0. The average Bonchev–Trinajstić information content (AvgIpc) is 3.27. The number of benzene rings is 1. The molecule has 0 saturated carbocycles. The van der Waals surface area contributed by atoms with Gasteiger partial charge in [-0.1, -0.05) is 17.3 Å². The maximum Gasteiger partial charge on any atom is 0.258 e. The van der Waals surface area contributed by atoms with Crippen LogP contribution in [0.1, 0.15) is 17.2 Å². The lowest BCUT2D eigenvalue weighted by Crippen LogP contribution is -2.25. The minimum absolute atomic E-state index is 0.164. The number of aryl methyl sites for hydroxylation is 1. The van der Waals surface area contributed by atoms with Gasteiger partial charge in [0, 0.05) is 11.8 Å². The first-order chi connectivity index (χ1) is 13.1. The van der Waals surface area contributed by atoms with Crippen molar-refractivity contribution in [2.24, 2.45) is 0 Å². The maximum atomic E-state index is 12.9. The Hall–Kier alpha value is -3.62. The van der Waals surface area contributed by atoms with Crippen molar-refractivity contribution in [1.82, 2.24) is 30.1 Å². The van der Waals surface area contributed by atoms with Gasteiger partial charge in [0.05, 0.1) is 13.0 Å². The highest BCUT2D eigenvalue weighted by atomic mass is 19.1. The lowest BCUT2D eigenvalue weighted by molar-refractivity contribution is -0.120. The number of carbonyl (C=O) groups excluding carboxylic acids is 1. The first-order valence-electron chi connectivity index (χ1n) is 8.24. The molecule has 3 heterocycles. The molecule has 0 radical (unpaired) electrons. The van der Waals surface area contributed by atoms with E-state index in [1.165, 1.54) is 12.1 Å². The van der Waals surface area contributed by atoms with Crippen LogP contribution < -0.4 is 5.32 Å². The Kier molecular flexibility index (Phi) is 4.33.